The summed E-state index contributed by atoms with van der Waals surface area (Å²) in [6.07, 6.45) is 0. The van der Waals surface area contributed by atoms with Gasteiger partial charge in [0.1, 0.15) is 11.2 Å². The molecule has 0 unspecified atom stereocenters. The first-order valence-electron chi connectivity index (χ1n) is 17.4. The number of para-hydroxylation sites is 3. The minimum Gasteiger partial charge on any atom is -0.456 e. The van der Waals surface area contributed by atoms with Crippen molar-refractivity contribution >= 4 is 65.6 Å². The maximum Gasteiger partial charge on any atom is 0.137 e. The Kier molecular flexibility index (Phi) is 5.96. The van der Waals surface area contributed by atoms with E-state index in [0.29, 0.717) is 0 Å². The van der Waals surface area contributed by atoms with Crippen LogP contribution in [0.2, 0.25) is 0 Å². The van der Waals surface area contributed by atoms with Gasteiger partial charge in [0.2, 0.25) is 0 Å². The summed E-state index contributed by atoms with van der Waals surface area (Å²) >= 11 is 0. The Morgan fingerprint density at radius 1 is 0.333 bits per heavy atom. The topological polar surface area (TPSA) is 23.0 Å². The van der Waals surface area contributed by atoms with Crippen molar-refractivity contribution in [2.75, 3.05) is 0 Å². The fourth-order valence-corrected chi connectivity index (χ4v) is 8.31. The standard InChI is InChI=1S/C48H30N2O/c1-2-12-31(13-3-1)32-24-26-33(27-25-32)35-17-10-22-45-47(35)48-43(21-11-23-46(48)51-45)50-42-20-9-6-16-38(42)39-29-28-34(30-44(39)50)49-40-18-7-4-14-36(40)37-15-5-8-19-41(37)49/h1-30H. The molecule has 0 saturated heterocycles. The molecule has 8 aromatic carbocycles. The predicted molar refractivity (Wildman–Crippen MR) is 213 cm³/mol. The van der Waals surface area contributed by atoms with Gasteiger partial charge in [-0.25, -0.2) is 0 Å². The number of benzene rings is 8. The fourth-order valence-electron chi connectivity index (χ4n) is 8.31. The van der Waals surface area contributed by atoms with Crippen molar-refractivity contribution in [2.24, 2.45) is 0 Å². The van der Waals surface area contributed by atoms with Gasteiger partial charge < -0.3 is 13.6 Å². The van der Waals surface area contributed by atoms with Crippen molar-refractivity contribution in [2.45, 2.75) is 0 Å². The second-order valence-corrected chi connectivity index (χ2v) is 13.3. The molecule has 0 aliphatic heterocycles. The number of nitrogens with zero attached hydrogens (tertiary/aromatic N) is 2. The van der Waals surface area contributed by atoms with Gasteiger partial charge in [0, 0.05) is 32.6 Å². The molecule has 0 atom stereocenters. The second-order valence-electron chi connectivity index (χ2n) is 13.3. The van der Waals surface area contributed by atoms with Crippen LogP contribution in [-0.4, -0.2) is 9.13 Å². The predicted octanol–water partition coefficient (Wildman–Crippen LogP) is 13.1. The molecule has 11 aromatic rings. The molecular weight excluding hydrogens is 621 g/mol. The van der Waals surface area contributed by atoms with E-state index in [-0.39, 0.29) is 0 Å². The average molecular weight is 651 g/mol. The van der Waals surface area contributed by atoms with Gasteiger partial charge in [-0.05, 0) is 70.8 Å². The number of hydrogen-bond acceptors (Lipinski definition) is 1. The van der Waals surface area contributed by atoms with Crippen LogP contribution in [0, 0.1) is 0 Å². The Morgan fingerprint density at radius 2 is 0.863 bits per heavy atom. The molecule has 0 radical (unpaired) electrons. The molecule has 3 heteroatoms. The highest BCUT2D eigenvalue weighted by Gasteiger charge is 2.21. The Balaban J connectivity index is 1.19. The molecule has 51 heavy (non-hydrogen) atoms. The number of aromatic nitrogens is 2. The Labute approximate surface area is 293 Å². The SMILES string of the molecule is c1ccc(-c2ccc(-c3cccc4oc5cccc(-n6c7ccccc7c7ccc(-n8c9ccccc9c9ccccc98)cc76)c5c34)cc2)cc1. The molecule has 0 fully saturated rings. The van der Waals surface area contributed by atoms with Crippen LogP contribution in [0.1, 0.15) is 0 Å². The van der Waals surface area contributed by atoms with Gasteiger partial charge in [0.15, 0.2) is 0 Å². The zero-order valence-electron chi connectivity index (χ0n) is 27.6. The van der Waals surface area contributed by atoms with Crippen LogP contribution in [0.4, 0.5) is 0 Å². The van der Waals surface area contributed by atoms with Crippen molar-refractivity contribution in [3.8, 4) is 33.6 Å². The molecular formula is C48H30N2O. The summed E-state index contributed by atoms with van der Waals surface area (Å²) in [5.41, 5.74) is 13.4. The first-order chi connectivity index (χ1) is 25.3. The Hall–Kier alpha value is -6.84. The Morgan fingerprint density at radius 3 is 1.55 bits per heavy atom. The highest BCUT2D eigenvalue weighted by atomic mass is 16.3. The molecule has 0 spiro atoms. The third-order valence-corrected chi connectivity index (χ3v) is 10.5. The van der Waals surface area contributed by atoms with Crippen molar-refractivity contribution in [3.63, 3.8) is 0 Å². The van der Waals surface area contributed by atoms with Crippen molar-refractivity contribution < 1.29 is 4.42 Å². The summed E-state index contributed by atoms with van der Waals surface area (Å²) in [6.45, 7) is 0. The molecule has 3 aromatic heterocycles. The lowest BCUT2D eigenvalue weighted by Crippen LogP contribution is -1.97. The summed E-state index contributed by atoms with van der Waals surface area (Å²) in [6, 6.07) is 65.4. The van der Waals surface area contributed by atoms with Crippen LogP contribution in [0.25, 0.3) is 99.2 Å². The lowest BCUT2D eigenvalue weighted by atomic mass is 9.96. The zero-order valence-corrected chi connectivity index (χ0v) is 27.6. The molecule has 238 valence electrons. The van der Waals surface area contributed by atoms with Crippen molar-refractivity contribution in [1.29, 1.82) is 0 Å². The van der Waals surface area contributed by atoms with Crippen LogP contribution in [0.3, 0.4) is 0 Å². The summed E-state index contributed by atoms with van der Waals surface area (Å²) in [4.78, 5) is 0. The number of rotatable bonds is 4. The average Bonchev–Trinajstić information content (AvgIpc) is 3.86. The first kappa shape index (κ1) is 28.0. The van der Waals surface area contributed by atoms with E-state index in [4.69, 9.17) is 4.42 Å². The molecule has 11 rings (SSSR count). The highest BCUT2D eigenvalue weighted by Crippen LogP contribution is 2.43. The van der Waals surface area contributed by atoms with Crippen LogP contribution in [0.5, 0.6) is 0 Å². The van der Waals surface area contributed by atoms with E-state index in [9.17, 15) is 0 Å². The molecule has 0 aliphatic carbocycles. The van der Waals surface area contributed by atoms with E-state index >= 15 is 0 Å². The largest absolute Gasteiger partial charge is 0.456 e. The van der Waals surface area contributed by atoms with Gasteiger partial charge in [-0.3, -0.25) is 0 Å². The van der Waals surface area contributed by atoms with Gasteiger partial charge in [-0.2, -0.15) is 0 Å². The van der Waals surface area contributed by atoms with E-state index in [1.165, 1.54) is 49.2 Å². The first-order valence-corrected chi connectivity index (χ1v) is 17.4. The fraction of sp³-hybridized carbons (Fsp3) is 0. The third kappa shape index (κ3) is 4.12. The molecule has 0 bridgehead atoms. The van der Waals surface area contributed by atoms with E-state index in [1.54, 1.807) is 0 Å². The van der Waals surface area contributed by atoms with Crippen LogP contribution >= 0.6 is 0 Å². The van der Waals surface area contributed by atoms with E-state index < -0.39 is 0 Å². The van der Waals surface area contributed by atoms with Crippen LogP contribution in [0.15, 0.2) is 186 Å². The van der Waals surface area contributed by atoms with Gasteiger partial charge in [0.25, 0.3) is 0 Å². The smallest absolute Gasteiger partial charge is 0.137 e. The lowest BCUT2D eigenvalue weighted by molar-refractivity contribution is 0.669. The minimum absolute atomic E-state index is 0.875. The molecule has 0 N–H and O–H groups in total. The summed E-state index contributed by atoms with van der Waals surface area (Å²) in [7, 11) is 0. The van der Waals surface area contributed by atoms with Crippen LogP contribution < -0.4 is 0 Å². The van der Waals surface area contributed by atoms with Gasteiger partial charge >= 0.3 is 0 Å². The minimum atomic E-state index is 0.875. The molecule has 0 aliphatic rings. The zero-order chi connectivity index (χ0) is 33.5. The van der Waals surface area contributed by atoms with Gasteiger partial charge in [0.05, 0.1) is 33.1 Å². The number of furan rings is 1. The Bertz CT molecular complexity index is 3070. The molecule has 3 heterocycles. The maximum atomic E-state index is 6.63. The van der Waals surface area contributed by atoms with Gasteiger partial charge in [-0.15, -0.1) is 0 Å². The third-order valence-electron chi connectivity index (χ3n) is 10.5. The van der Waals surface area contributed by atoms with Gasteiger partial charge in [-0.1, -0.05) is 133 Å². The van der Waals surface area contributed by atoms with E-state index in [2.05, 4.69) is 191 Å². The number of hydrogen-bond donors (Lipinski definition) is 0. The molecule has 0 saturated carbocycles. The second kappa shape index (κ2) is 10.8. The van der Waals surface area contributed by atoms with Crippen molar-refractivity contribution in [1.82, 2.24) is 9.13 Å². The lowest BCUT2D eigenvalue weighted by Gasteiger charge is -2.13. The van der Waals surface area contributed by atoms with Crippen molar-refractivity contribution in [3.05, 3.63) is 182 Å². The maximum absolute atomic E-state index is 6.63. The quantitative estimate of drug-likeness (QED) is 0.186. The highest BCUT2D eigenvalue weighted by molar-refractivity contribution is 6.18. The summed E-state index contributed by atoms with van der Waals surface area (Å²) < 4.78 is 11.5. The normalized spacial score (nSPS) is 11.9. The monoisotopic (exact) mass is 650 g/mol. The van der Waals surface area contributed by atoms with E-state index in [0.717, 1.165) is 50.0 Å². The number of fused-ring (bicyclic) bond motifs is 9. The molecule has 0 amide bonds. The van der Waals surface area contributed by atoms with Crippen LogP contribution in [-0.2, 0) is 0 Å². The summed E-state index contributed by atoms with van der Waals surface area (Å²) in [5, 5.41) is 7.19. The van der Waals surface area contributed by atoms with E-state index in [1.807, 2.05) is 0 Å². The molecule has 3 nitrogen and oxygen atoms in total. The summed E-state index contributed by atoms with van der Waals surface area (Å²) in [5.74, 6) is 0.